The monoisotopic (exact) mass is 469 g/mol. The van der Waals surface area contributed by atoms with Gasteiger partial charge in [-0.3, -0.25) is 4.90 Å². The van der Waals surface area contributed by atoms with Crippen molar-refractivity contribution in [2.75, 3.05) is 41.5 Å². The lowest BCUT2D eigenvalue weighted by molar-refractivity contribution is 0.122. The number of hydrazone groups is 1. The summed E-state index contributed by atoms with van der Waals surface area (Å²) in [5, 5.41) is 4.26. The summed E-state index contributed by atoms with van der Waals surface area (Å²) in [5.74, 6) is 0.994. The summed E-state index contributed by atoms with van der Waals surface area (Å²) < 4.78 is 18.7. The van der Waals surface area contributed by atoms with Gasteiger partial charge in [0.1, 0.15) is 5.82 Å². The van der Waals surface area contributed by atoms with E-state index in [1.807, 2.05) is 65.6 Å². The second-order valence-corrected chi connectivity index (χ2v) is 7.79. The normalized spacial score (nSPS) is 13.7. The molecule has 0 radical (unpaired) electrons. The van der Waals surface area contributed by atoms with E-state index in [0.717, 1.165) is 16.9 Å². The van der Waals surface area contributed by atoms with Gasteiger partial charge in [0.05, 0.1) is 19.4 Å². The number of ether oxygens (including phenoxy) is 1. The summed E-state index contributed by atoms with van der Waals surface area (Å²) in [6.07, 6.45) is 1.59. The maximum absolute atomic E-state index is 13.2. The van der Waals surface area contributed by atoms with Gasteiger partial charge in [0.25, 0.3) is 0 Å². The number of aromatic nitrogens is 3. The Bertz CT molecular complexity index is 1220. The predicted octanol–water partition coefficient (Wildman–Crippen LogP) is 4.76. The molecular formula is C26H24FN7O. The van der Waals surface area contributed by atoms with E-state index < -0.39 is 0 Å². The van der Waals surface area contributed by atoms with Crippen molar-refractivity contribution in [1.82, 2.24) is 15.0 Å². The van der Waals surface area contributed by atoms with Crippen molar-refractivity contribution >= 4 is 35.4 Å². The molecule has 2 heterocycles. The lowest BCUT2D eigenvalue weighted by Crippen LogP contribution is -2.37. The van der Waals surface area contributed by atoms with Gasteiger partial charge in [-0.25, -0.2) is 9.82 Å². The quantitative estimate of drug-likeness (QED) is 0.309. The van der Waals surface area contributed by atoms with Crippen LogP contribution in [-0.2, 0) is 4.74 Å². The fourth-order valence-corrected chi connectivity index (χ4v) is 3.66. The molecule has 1 aliphatic heterocycles. The molecule has 0 bridgehead atoms. The van der Waals surface area contributed by atoms with Gasteiger partial charge in [-0.1, -0.05) is 48.5 Å². The Morgan fingerprint density at radius 3 is 2.09 bits per heavy atom. The zero-order chi connectivity index (χ0) is 23.9. The largest absolute Gasteiger partial charge is 0.378 e. The first-order valence-electron chi connectivity index (χ1n) is 11.3. The van der Waals surface area contributed by atoms with Gasteiger partial charge >= 0.3 is 0 Å². The van der Waals surface area contributed by atoms with Crippen molar-refractivity contribution in [2.24, 2.45) is 5.10 Å². The molecule has 1 fully saturated rings. The van der Waals surface area contributed by atoms with Gasteiger partial charge in [0, 0.05) is 24.5 Å². The highest BCUT2D eigenvalue weighted by Gasteiger charge is 2.21. The van der Waals surface area contributed by atoms with Gasteiger partial charge in [0.15, 0.2) is 0 Å². The number of para-hydroxylation sites is 2. The predicted molar refractivity (Wildman–Crippen MR) is 135 cm³/mol. The molecule has 3 aromatic carbocycles. The zero-order valence-corrected chi connectivity index (χ0v) is 19.0. The van der Waals surface area contributed by atoms with Crippen LogP contribution in [0.1, 0.15) is 5.56 Å². The van der Waals surface area contributed by atoms with Crippen LogP contribution in [0.5, 0.6) is 0 Å². The molecule has 0 saturated carbocycles. The van der Waals surface area contributed by atoms with E-state index in [9.17, 15) is 4.39 Å². The van der Waals surface area contributed by atoms with E-state index >= 15 is 0 Å². The van der Waals surface area contributed by atoms with Crippen LogP contribution >= 0.6 is 0 Å². The van der Waals surface area contributed by atoms with E-state index in [0.29, 0.717) is 44.1 Å². The fraction of sp³-hybridized carbons (Fsp3) is 0.154. The number of hydrogen-bond donors (Lipinski definition) is 1. The van der Waals surface area contributed by atoms with E-state index in [4.69, 9.17) is 9.72 Å². The van der Waals surface area contributed by atoms with Crippen LogP contribution in [0.3, 0.4) is 0 Å². The molecule has 0 spiro atoms. The topological polar surface area (TPSA) is 78.8 Å². The molecular weight excluding hydrogens is 445 g/mol. The number of anilines is 5. The summed E-state index contributed by atoms with van der Waals surface area (Å²) >= 11 is 0. The van der Waals surface area contributed by atoms with E-state index in [2.05, 4.69) is 25.4 Å². The van der Waals surface area contributed by atoms with Crippen LogP contribution < -0.4 is 15.2 Å². The summed E-state index contributed by atoms with van der Waals surface area (Å²) in [6, 6.07) is 25.9. The van der Waals surface area contributed by atoms with Gasteiger partial charge in [-0.2, -0.15) is 20.1 Å². The molecule has 0 unspecified atom stereocenters. The summed E-state index contributed by atoms with van der Waals surface area (Å²) in [5.41, 5.74) is 5.49. The van der Waals surface area contributed by atoms with Gasteiger partial charge < -0.3 is 9.64 Å². The Morgan fingerprint density at radius 2 is 1.46 bits per heavy atom. The molecule has 176 valence electrons. The zero-order valence-electron chi connectivity index (χ0n) is 19.0. The lowest BCUT2D eigenvalue weighted by Gasteiger charge is -2.28. The molecule has 1 aromatic heterocycles. The number of nitrogens with one attached hydrogen (secondary N) is 1. The Morgan fingerprint density at radius 1 is 0.829 bits per heavy atom. The second-order valence-electron chi connectivity index (χ2n) is 7.79. The highest BCUT2D eigenvalue weighted by atomic mass is 19.1. The molecule has 0 amide bonds. The smallest absolute Gasteiger partial charge is 0.250 e. The average Bonchev–Trinajstić information content (AvgIpc) is 2.92. The third-order valence-corrected chi connectivity index (χ3v) is 5.38. The SMILES string of the molecule is Fc1ccc(/C=N\Nc2nc(N3CCOCC3)nc(N(c3ccccc3)c3ccccc3)n2)cc1. The number of hydrogen-bond acceptors (Lipinski definition) is 8. The summed E-state index contributed by atoms with van der Waals surface area (Å²) in [7, 11) is 0. The van der Waals surface area contributed by atoms with Crippen molar-refractivity contribution in [1.29, 1.82) is 0 Å². The van der Waals surface area contributed by atoms with E-state index in [-0.39, 0.29) is 5.82 Å². The van der Waals surface area contributed by atoms with Crippen LogP contribution in [0.15, 0.2) is 90.0 Å². The minimum absolute atomic E-state index is 0.297. The van der Waals surface area contributed by atoms with Crippen LogP contribution in [0.4, 0.5) is 33.6 Å². The molecule has 4 aromatic rings. The summed E-state index contributed by atoms with van der Waals surface area (Å²) in [4.78, 5) is 18.2. The first-order valence-corrected chi connectivity index (χ1v) is 11.3. The number of rotatable bonds is 7. The highest BCUT2D eigenvalue weighted by molar-refractivity contribution is 5.80. The van der Waals surface area contributed by atoms with Crippen LogP contribution in [0.2, 0.25) is 0 Å². The minimum Gasteiger partial charge on any atom is -0.378 e. The van der Waals surface area contributed by atoms with Crippen LogP contribution in [0, 0.1) is 5.82 Å². The Hall–Kier alpha value is -4.37. The second kappa shape index (κ2) is 10.7. The minimum atomic E-state index is -0.297. The first-order chi connectivity index (χ1) is 17.3. The molecule has 8 nitrogen and oxygen atoms in total. The van der Waals surface area contributed by atoms with E-state index in [1.165, 1.54) is 12.1 Å². The van der Waals surface area contributed by atoms with Crippen LogP contribution in [0.25, 0.3) is 0 Å². The Balaban J connectivity index is 1.53. The van der Waals surface area contributed by atoms with Crippen molar-refractivity contribution in [3.63, 3.8) is 0 Å². The molecule has 1 saturated heterocycles. The number of halogens is 1. The van der Waals surface area contributed by atoms with E-state index in [1.54, 1.807) is 18.3 Å². The van der Waals surface area contributed by atoms with Crippen molar-refractivity contribution in [2.45, 2.75) is 0 Å². The molecule has 5 rings (SSSR count). The Kier molecular flexibility index (Phi) is 6.86. The van der Waals surface area contributed by atoms with Crippen LogP contribution in [-0.4, -0.2) is 47.5 Å². The fourth-order valence-electron chi connectivity index (χ4n) is 3.66. The lowest BCUT2D eigenvalue weighted by atomic mass is 10.2. The van der Waals surface area contributed by atoms with Crippen molar-refractivity contribution in [3.05, 3.63) is 96.3 Å². The molecule has 35 heavy (non-hydrogen) atoms. The maximum atomic E-state index is 13.2. The average molecular weight is 470 g/mol. The molecule has 0 aliphatic carbocycles. The molecule has 1 N–H and O–H groups in total. The van der Waals surface area contributed by atoms with Gasteiger partial charge in [-0.05, 0) is 42.0 Å². The highest BCUT2D eigenvalue weighted by Crippen LogP contribution is 2.33. The van der Waals surface area contributed by atoms with Gasteiger partial charge in [0.2, 0.25) is 17.8 Å². The Labute approximate surface area is 202 Å². The third-order valence-electron chi connectivity index (χ3n) is 5.38. The molecule has 0 atom stereocenters. The molecule has 9 heteroatoms. The number of benzene rings is 3. The van der Waals surface area contributed by atoms with Gasteiger partial charge in [-0.15, -0.1) is 0 Å². The number of morpholine rings is 1. The standard InChI is InChI=1S/C26H24FN7O/c27-21-13-11-20(12-14-21)19-28-32-24-29-25(33-15-17-35-18-16-33)31-26(30-24)34(22-7-3-1-4-8-22)23-9-5-2-6-10-23/h1-14,19H,15-18H2,(H,29,30,31,32)/b28-19-. The van der Waals surface area contributed by atoms with Crippen molar-refractivity contribution in [3.8, 4) is 0 Å². The third kappa shape index (κ3) is 5.59. The maximum Gasteiger partial charge on any atom is 0.250 e. The summed E-state index contributed by atoms with van der Waals surface area (Å²) in [6.45, 7) is 2.57. The van der Waals surface area contributed by atoms with Crippen molar-refractivity contribution < 1.29 is 9.13 Å². The molecule has 1 aliphatic rings. The number of nitrogens with zero attached hydrogens (tertiary/aromatic N) is 6. The first kappa shape index (κ1) is 22.4.